The maximum atomic E-state index is 13.6. The Morgan fingerprint density at radius 1 is 0.786 bits per heavy atom. The van der Waals surface area contributed by atoms with Crippen LogP contribution in [0.2, 0.25) is 33.2 Å². The van der Waals surface area contributed by atoms with E-state index in [0.29, 0.717) is 39.7 Å². The summed E-state index contributed by atoms with van der Waals surface area (Å²) in [5.41, 5.74) is 1.90. The maximum absolute atomic E-state index is 13.6. The Hall–Kier alpha value is -1.47. The van der Waals surface area contributed by atoms with Gasteiger partial charge in [0.05, 0.1) is 23.3 Å². The van der Waals surface area contributed by atoms with Crippen molar-refractivity contribution in [2.75, 3.05) is 0 Å². The van der Waals surface area contributed by atoms with Crippen molar-refractivity contribution >= 4 is 22.6 Å². The Labute approximate surface area is 342 Å². The van der Waals surface area contributed by atoms with Crippen LogP contribution in [0.1, 0.15) is 177 Å². The summed E-state index contributed by atoms with van der Waals surface area (Å²) < 4.78 is 61.9. The van der Waals surface area contributed by atoms with Gasteiger partial charge in [0.15, 0.2) is 0 Å². The van der Waals surface area contributed by atoms with Gasteiger partial charge in [-0.3, -0.25) is 4.90 Å². The molecule has 0 bridgehead atoms. The number of fused-ring (bicyclic) bond motifs is 1. The molecular formula is C46H80F3NO4Si2. The molecule has 2 fully saturated rings. The van der Waals surface area contributed by atoms with Gasteiger partial charge in [-0.2, -0.15) is 13.2 Å². The molecule has 1 aromatic carbocycles. The molecule has 1 aromatic rings. The van der Waals surface area contributed by atoms with Crippen molar-refractivity contribution in [1.82, 2.24) is 4.90 Å². The molecule has 2 heterocycles. The summed E-state index contributed by atoms with van der Waals surface area (Å²) in [5, 5.41) is 0. The minimum Gasteiger partial charge on any atom is -0.457 e. The first kappa shape index (κ1) is 48.9. The quantitative estimate of drug-likeness (QED) is 0.0567. The van der Waals surface area contributed by atoms with Crippen LogP contribution in [0.4, 0.5) is 13.2 Å². The number of benzene rings is 1. The fourth-order valence-electron chi connectivity index (χ4n) is 11.1. The molecule has 0 aliphatic carbocycles. The first-order valence-corrected chi connectivity index (χ1v) is 26.6. The molecule has 2 aliphatic heterocycles. The first-order valence-electron chi connectivity index (χ1n) is 22.3. The van der Waals surface area contributed by atoms with Gasteiger partial charge in [0, 0.05) is 18.1 Å². The molecule has 56 heavy (non-hydrogen) atoms. The molecule has 2 aliphatic rings. The number of hydrogen-bond donors (Lipinski definition) is 0. The average Bonchev–Trinajstić information content (AvgIpc) is 3.11. The number of unbranched alkanes of at least 4 members (excludes halogenated alkanes) is 4. The van der Waals surface area contributed by atoms with Crippen molar-refractivity contribution in [3.8, 4) is 0 Å². The third kappa shape index (κ3) is 11.4. The third-order valence-electron chi connectivity index (χ3n) is 13.6. The summed E-state index contributed by atoms with van der Waals surface area (Å²) in [6.07, 6.45) is 10.0. The second kappa shape index (κ2) is 21.2. The molecule has 0 radical (unpaired) electrons. The van der Waals surface area contributed by atoms with Gasteiger partial charge in [0.2, 0.25) is 16.6 Å². The number of carbonyl (C=O) groups is 1. The molecule has 0 N–H and O–H groups in total. The van der Waals surface area contributed by atoms with E-state index in [0.717, 1.165) is 44.2 Å². The molecule has 0 unspecified atom stereocenters. The highest BCUT2D eigenvalue weighted by Crippen LogP contribution is 2.47. The van der Waals surface area contributed by atoms with E-state index in [1.54, 1.807) is 0 Å². The molecule has 2 saturated heterocycles. The Kier molecular flexibility index (Phi) is 18.5. The summed E-state index contributed by atoms with van der Waals surface area (Å²) in [5.74, 6) is -0.694. The predicted octanol–water partition coefficient (Wildman–Crippen LogP) is 14.3. The molecule has 0 aromatic heterocycles. The molecule has 0 spiro atoms. The van der Waals surface area contributed by atoms with E-state index in [1.807, 2.05) is 0 Å². The number of piperidine rings is 2. The van der Waals surface area contributed by atoms with Crippen LogP contribution in [-0.2, 0) is 19.8 Å². The lowest BCUT2D eigenvalue weighted by Gasteiger charge is -2.55. The summed E-state index contributed by atoms with van der Waals surface area (Å²) in [4.78, 5) is 16.1. The number of rotatable bonds is 20. The number of halogens is 3. The van der Waals surface area contributed by atoms with Crippen LogP contribution in [0.3, 0.4) is 0 Å². The van der Waals surface area contributed by atoms with Crippen LogP contribution in [0.15, 0.2) is 36.4 Å². The van der Waals surface area contributed by atoms with Crippen LogP contribution in [-0.4, -0.2) is 63.9 Å². The minimum atomic E-state index is -4.54. The highest BCUT2D eigenvalue weighted by Gasteiger charge is 2.52. The number of hydrogen-bond acceptors (Lipinski definition) is 5. The Bertz CT molecular complexity index is 1340. The number of nitrogens with zero attached hydrogens (tertiary/aromatic N) is 1. The van der Waals surface area contributed by atoms with Crippen LogP contribution in [0, 0.1) is 0 Å². The number of ether oxygens (including phenoxy) is 1. The SMILES string of the molecule is CCCCCCC[C@@H](/C=C/[C@@H]1CC[C@H](OC(=O)c2cccc(C(F)(F)F)c2)[C@H]2CC[C@@H](O[Si](C(C)C)(C(C)C)C(C)C)[C@H](C)N12)O[Si](C(C)C)(C(C)C)C(C)C. The van der Waals surface area contributed by atoms with Gasteiger partial charge in [-0.05, 0) is 90.5 Å². The highest BCUT2D eigenvalue weighted by molar-refractivity contribution is 6.78. The highest BCUT2D eigenvalue weighted by atomic mass is 28.4. The average molecular weight is 824 g/mol. The second-order valence-electron chi connectivity index (χ2n) is 19.0. The normalized spacial score (nSPS) is 23.7. The lowest BCUT2D eigenvalue weighted by Crippen LogP contribution is -2.65. The lowest BCUT2D eigenvalue weighted by atomic mass is 9.82. The largest absolute Gasteiger partial charge is 0.457 e. The Balaban J connectivity index is 2.03. The van der Waals surface area contributed by atoms with Gasteiger partial charge in [0.25, 0.3) is 0 Å². The van der Waals surface area contributed by atoms with E-state index in [-0.39, 0.29) is 35.9 Å². The van der Waals surface area contributed by atoms with Crippen molar-refractivity contribution in [2.24, 2.45) is 0 Å². The molecule has 0 amide bonds. The number of esters is 1. The summed E-state index contributed by atoms with van der Waals surface area (Å²) in [6, 6.07) is 4.69. The molecular weight excluding hydrogens is 744 g/mol. The molecule has 3 rings (SSSR count). The van der Waals surface area contributed by atoms with Crippen LogP contribution in [0.25, 0.3) is 0 Å². The molecule has 0 saturated carbocycles. The summed E-state index contributed by atoms with van der Waals surface area (Å²) in [6.45, 7) is 32.6. The van der Waals surface area contributed by atoms with Crippen molar-refractivity contribution in [2.45, 2.75) is 237 Å². The number of carbonyl (C=O) groups excluding carboxylic acids is 1. The van der Waals surface area contributed by atoms with E-state index in [2.05, 4.69) is 114 Å². The predicted molar refractivity (Wildman–Crippen MR) is 232 cm³/mol. The van der Waals surface area contributed by atoms with E-state index < -0.39 is 40.4 Å². The monoisotopic (exact) mass is 824 g/mol. The van der Waals surface area contributed by atoms with Crippen LogP contribution < -0.4 is 0 Å². The van der Waals surface area contributed by atoms with Crippen molar-refractivity contribution in [1.29, 1.82) is 0 Å². The molecule has 5 nitrogen and oxygen atoms in total. The minimum absolute atomic E-state index is 0.0282. The lowest BCUT2D eigenvalue weighted by molar-refractivity contribution is -0.137. The fraction of sp³-hybridized carbons (Fsp3) is 0.804. The van der Waals surface area contributed by atoms with E-state index in [9.17, 15) is 18.0 Å². The Morgan fingerprint density at radius 2 is 1.34 bits per heavy atom. The Morgan fingerprint density at radius 3 is 1.88 bits per heavy atom. The fourth-order valence-corrected chi connectivity index (χ4v) is 22.3. The van der Waals surface area contributed by atoms with E-state index >= 15 is 0 Å². The van der Waals surface area contributed by atoms with Crippen molar-refractivity contribution in [3.63, 3.8) is 0 Å². The topological polar surface area (TPSA) is 48.0 Å². The zero-order valence-electron chi connectivity index (χ0n) is 37.7. The third-order valence-corrected chi connectivity index (χ3v) is 25.9. The zero-order chi connectivity index (χ0) is 42.2. The van der Waals surface area contributed by atoms with Crippen LogP contribution >= 0.6 is 0 Å². The maximum Gasteiger partial charge on any atom is 0.416 e. The first-order chi connectivity index (χ1) is 26.1. The van der Waals surface area contributed by atoms with Crippen molar-refractivity contribution < 1.29 is 31.6 Å². The summed E-state index contributed by atoms with van der Waals surface area (Å²) >= 11 is 0. The second-order valence-corrected chi connectivity index (χ2v) is 29.8. The standard InChI is InChI=1S/C46H80F3NO4Si2/c1-15-16-17-18-19-23-41(53-55(31(2)3,32(4)5)33(6)7)26-24-40-25-28-44(52-45(51)38-21-20-22-39(30-38)46(47,48)49)42-27-29-43(37(14)50(40)42)54-56(34(8)9,35(10)11)36(12)13/h20-22,24,26,30-37,40-44H,15-19,23,25,27-29H2,1-14H3/b26-24+/t37-,40+,41-,42+,43+,44-/m0/s1. The van der Waals surface area contributed by atoms with Gasteiger partial charge >= 0.3 is 12.1 Å². The van der Waals surface area contributed by atoms with Gasteiger partial charge < -0.3 is 13.6 Å². The number of alkyl halides is 3. The zero-order valence-corrected chi connectivity index (χ0v) is 39.7. The van der Waals surface area contributed by atoms with Gasteiger partial charge in [-0.25, -0.2) is 4.79 Å². The molecule has 10 heteroatoms. The van der Waals surface area contributed by atoms with Gasteiger partial charge in [-0.1, -0.05) is 140 Å². The summed E-state index contributed by atoms with van der Waals surface area (Å²) in [7, 11) is -4.36. The van der Waals surface area contributed by atoms with Gasteiger partial charge in [0.1, 0.15) is 6.10 Å². The molecule has 6 atom stereocenters. The van der Waals surface area contributed by atoms with Crippen molar-refractivity contribution in [3.05, 3.63) is 47.5 Å². The van der Waals surface area contributed by atoms with E-state index in [4.69, 9.17) is 13.6 Å². The smallest absolute Gasteiger partial charge is 0.416 e. The van der Waals surface area contributed by atoms with E-state index in [1.165, 1.54) is 37.8 Å². The van der Waals surface area contributed by atoms with Crippen LogP contribution in [0.5, 0.6) is 0 Å². The molecule has 322 valence electrons. The van der Waals surface area contributed by atoms with Gasteiger partial charge in [-0.15, -0.1) is 0 Å².